The number of esters is 1. The summed E-state index contributed by atoms with van der Waals surface area (Å²) in [5.41, 5.74) is 2.29. The van der Waals surface area contributed by atoms with Gasteiger partial charge in [-0.05, 0) is 48.4 Å². The SMILES string of the molecule is CCc1ccc(NC(=O)COC(=O)c2ccc(-c3ccc([N+](=O)[O-])cc3)o2)cc1. The molecule has 29 heavy (non-hydrogen) atoms. The van der Waals surface area contributed by atoms with Crippen molar-refractivity contribution < 1.29 is 23.7 Å². The fourth-order valence-corrected chi connectivity index (χ4v) is 2.57. The Balaban J connectivity index is 1.55. The van der Waals surface area contributed by atoms with Crippen molar-refractivity contribution in [2.75, 3.05) is 11.9 Å². The van der Waals surface area contributed by atoms with Crippen molar-refractivity contribution >= 4 is 23.3 Å². The van der Waals surface area contributed by atoms with Gasteiger partial charge in [-0.15, -0.1) is 0 Å². The molecular weight excluding hydrogens is 376 g/mol. The molecule has 3 rings (SSSR count). The average molecular weight is 394 g/mol. The number of rotatable bonds is 7. The molecule has 3 aromatic rings. The summed E-state index contributed by atoms with van der Waals surface area (Å²) in [6.07, 6.45) is 0.900. The van der Waals surface area contributed by atoms with Crippen molar-refractivity contribution in [2.45, 2.75) is 13.3 Å². The molecule has 0 radical (unpaired) electrons. The zero-order valence-electron chi connectivity index (χ0n) is 15.6. The summed E-state index contributed by atoms with van der Waals surface area (Å²) in [6.45, 7) is 1.58. The minimum atomic E-state index is -0.783. The zero-order chi connectivity index (χ0) is 20.8. The van der Waals surface area contributed by atoms with E-state index in [2.05, 4.69) is 5.32 Å². The number of benzene rings is 2. The zero-order valence-corrected chi connectivity index (χ0v) is 15.6. The number of hydrogen-bond acceptors (Lipinski definition) is 6. The highest BCUT2D eigenvalue weighted by Crippen LogP contribution is 2.24. The van der Waals surface area contributed by atoms with Gasteiger partial charge in [-0.1, -0.05) is 19.1 Å². The van der Waals surface area contributed by atoms with Gasteiger partial charge in [-0.2, -0.15) is 0 Å². The molecular formula is C21H18N2O6. The largest absolute Gasteiger partial charge is 0.450 e. The number of nitro groups is 1. The highest BCUT2D eigenvalue weighted by Gasteiger charge is 2.16. The van der Waals surface area contributed by atoms with Crippen LogP contribution in [0.3, 0.4) is 0 Å². The van der Waals surface area contributed by atoms with Gasteiger partial charge in [0.05, 0.1) is 4.92 Å². The summed E-state index contributed by atoms with van der Waals surface area (Å²) in [5.74, 6) is -0.967. The number of carbonyl (C=O) groups is 2. The molecule has 0 aliphatic heterocycles. The summed E-state index contributed by atoms with van der Waals surface area (Å²) in [4.78, 5) is 34.2. The molecule has 1 amide bonds. The molecule has 0 fully saturated rings. The number of non-ortho nitro benzene ring substituents is 1. The normalized spacial score (nSPS) is 10.4. The van der Waals surface area contributed by atoms with Crippen molar-refractivity contribution in [3.05, 3.63) is 82.1 Å². The highest BCUT2D eigenvalue weighted by atomic mass is 16.6. The quantitative estimate of drug-likeness (QED) is 0.365. The van der Waals surface area contributed by atoms with Crippen LogP contribution in [0.4, 0.5) is 11.4 Å². The van der Waals surface area contributed by atoms with E-state index >= 15 is 0 Å². The van der Waals surface area contributed by atoms with Crippen LogP contribution in [-0.2, 0) is 16.0 Å². The van der Waals surface area contributed by atoms with Crippen LogP contribution in [0, 0.1) is 10.1 Å². The third kappa shape index (κ3) is 5.07. The van der Waals surface area contributed by atoms with Gasteiger partial charge in [-0.3, -0.25) is 14.9 Å². The molecule has 0 aliphatic rings. The van der Waals surface area contributed by atoms with Crippen LogP contribution in [0.5, 0.6) is 0 Å². The molecule has 0 saturated heterocycles. The maximum absolute atomic E-state index is 12.1. The van der Waals surface area contributed by atoms with E-state index in [4.69, 9.17) is 9.15 Å². The number of anilines is 1. The topological polar surface area (TPSA) is 112 Å². The van der Waals surface area contributed by atoms with Crippen LogP contribution in [0.2, 0.25) is 0 Å². The lowest BCUT2D eigenvalue weighted by atomic mass is 10.1. The minimum absolute atomic E-state index is 0.0460. The standard InChI is InChI=1S/C21H18N2O6/c1-2-14-3-7-16(8-4-14)22-20(24)13-28-21(25)19-12-11-18(29-19)15-5-9-17(10-6-15)23(26)27/h3-12H,2,13H2,1H3,(H,22,24). The van der Waals surface area contributed by atoms with Crippen LogP contribution in [-0.4, -0.2) is 23.4 Å². The molecule has 0 spiro atoms. The minimum Gasteiger partial charge on any atom is -0.450 e. The number of nitrogens with one attached hydrogen (secondary N) is 1. The molecule has 0 saturated carbocycles. The number of amides is 1. The van der Waals surface area contributed by atoms with Gasteiger partial charge in [-0.25, -0.2) is 4.79 Å². The van der Waals surface area contributed by atoms with Crippen LogP contribution < -0.4 is 5.32 Å². The monoisotopic (exact) mass is 394 g/mol. The fourth-order valence-electron chi connectivity index (χ4n) is 2.57. The number of carbonyl (C=O) groups excluding carboxylic acids is 2. The smallest absolute Gasteiger partial charge is 0.374 e. The van der Waals surface area contributed by atoms with Gasteiger partial charge in [0.15, 0.2) is 6.61 Å². The number of aryl methyl sites for hydroxylation is 1. The second kappa shape index (κ2) is 8.83. The van der Waals surface area contributed by atoms with Crippen LogP contribution >= 0.6 is 0 Å². The van der Waals surface area contributed by atoms with Gasteiger partial charge >= 0.3 is 5.97 Å². The molecule has 0 atom stereocenters. The molecule has 0 bridgehead atoms. The second-order valence-electron chi connectivity index (χ2n) is 6.14. The Labute approximate surface area is 166 Å². The number of nitrogens with zero attached hydrogens (tertiary/aromatic N) is 1. The maximum Gasteiger partial charge on any atom is 0.374 e. The van der Waals surface area contributed by atoms with E-state index in [0.717, 1.165) is 12.0 Å². The Bertz CT molecular complexity index is 1020. The van der Waals surface area contributed by atoms with E-state index in [1.54, 1.807) is 18.2 Å². The molecule has 8 nitrogen and oxygen atoms in total. The molecule has 2 aromatic carbocycles. The van der Waals surface area contributed by atoms with E-state index in [-0.39, 0.29) is 11.4 Å². The lowest BCUT2D eigenvalue weighted by Crippen LogP contribution is -2.20. The molecule has 0 aliphatic carbocycles. The fraction of sp³-hybridized carbons (Fsp3) is 0.143. The lowest BCUT2D eigenvalue weighted by Gasteiger charge is -2.06. The number of nitro benzene ring substituents is 1. The van der Waals surface area contributed by atoms with Gasteiger partial charge in [0.25, 0.3) is 11.6 Å². The molecule has 8 heteroatoms. The third-order valence-electron chi connectivity index (χ3n) is 4.15. The van der Waals surface area contributed by atoms with Crippen molar-refractivity contribution in [3.63, 3.8) is 0 Å². The second-order valence-corrected chi connectivity index (χ2v) is 6.14. The summed E-state index contributed by atoms with van der Waals surface area (Å²) in [6, 6.07) is 16.1. The Kier molecular flexibility index (Phi) is 6.03. The first kappa shape index (κ1) is 19.8. The van der Waals surface area contributed by atoms with Crippen LogP contribution in [0.15, 0.2) is 65.1 Å². The predicted octanol–water partition coefficient (Wildman–Crippen LogP) is 4.21. The maximum atomic E-state index is 12.1. The van der Waals surface area contributed by atoms with Crippen molar-refractivity contribution in [1.29, 1.82) is 0 Å². The Hall–Kier alpha value is -3.94. The van der Waals surface area contributed by atoms with Crippen molar-refractivity contribution in [2.24, 2.45) is 0 Å². The van der Waals surface area contributed by atoms with Gasteiger partial charge in [0.2, 0.25) is 5.76 Å². The van der Waals surface area contributed by atoms with Crippen molar-refractivity contribution in [3.8, 4) is 11.3 Å². The van der Waals surface area contributed by atoms with Gasteiger partial charge in [0, 0.05) is 23.4 Å². The van der Waals surface area contributed by atoms with Gasteiger partial charge in [0.1, 0.15) is 5.76 Å². The lowest BCUT2D eigenvalue weighted by molar-refractivity contribution is -0.384. The Morgan fingerprint density at radius 3 is 2.34 bits per heavy atom. The van der Waals surface area contributed by atoms with E-state index in [1.165, 1.54) is 30.3 Å². The molecule has 1 N–H and O–H groups in total. The average Bonchev–Trinajstić information content (AvgIpc) is 3.23. The molecule has 1 aromatic heterocycles. The van der Waals surface area contributed by atoms with Crippen LogP contribution in [0.1, 0.15) is 23.0 Å². The molecule has 148 valence electrons. The Morgan fingerprint density at radius 2 is 1.72 bits per heavy atom. The first-order valence-corrected chi connectivity index (χ1v) is 8.87. The first-order valence-electron chi connectivity index (χ1n) is 8.87. The molecule has 1 heterocycles. The van der Waals surface area contributed by atoms with E-state index in [1.807, 2.05) is 19.1 Å². The van der Waals surface area contributed by atoms with E-state index in [0.29, 0.717) is 17.0 Å². The summed E-state index contributed by atoms with van der Waals surface area (Å²) in [5, 5.41) is 13.3. The van der Waals surface area contributed by atoms with Gasteiger partial charge < -0.3 is 14.5 Å². The third-order valence-corrected chi connectivity index (χ3v) is 4.15. The molecule has 0 unspecified atom stereocenters. The first-order chi connectivity index (χ1) is 14.0. The predicted molar refractivity (Wildman–Crippen MR) is 106 cm³/mol. The number of furan rings is 1. The van der Waals surface area contributed by atoms with Crippen molar-refractivity contribution in [1.82, 2.24) is 0 Å². The summed E-state index contributed by atoms with van der Waals surface area (Å²) >= 11 is 0. The van der Waals surface area contributed by atoms with Crippen LogP contribution in [0.25, 0.3) is 11.3 Å². The Morgan fingerprint density at radius 1 is 1.03 bits per heavy atom. The van der Waals surface area contributed by atoms with E-state index < -0.39 is 23.4 Å². The number of hydrogen-bond donors (Lipinski definition) is 1. The number of ether oxygens (including phenoxy) is 1. The highest BCUT2D eigenvalue weighted by molar-refractivity contribution is 5.94. The summed E-state index contributed by atoms with van der Waals surface area (Å²) < 4.78 is 10.4. The van der Waals surface area contributed by atoms with E-state index in [9.17, 15) is 19.7 Å². The summed E-state index contributed by atoms with van der Waals surface area (Å²) in [7, 11) is 0.